The molecule has 0 aliphatic heterocycles. The van der Waals surface area contributed by atoms with Gasteiger partial charge in [0.2, 0.25) is 0 Å². The van der Waals surface area contributed by atoms with Crippen LogP contribution < -0.4 is 0 Å². The van der Waals surface area contributed by atoms with Gasteiger partial charge in [-0.1, -0.05) is 6.07 Å². The second-order valence-corrected chi connectivity index (χ2v) is 2.97. The maximum Gasteiger partial charge on any atom is 0.141 e. The average molecular weight is 195 g/mol. The second kappa shape index (κ2) is 4.70. The second-order valence-electron chi connectivity index (χ2n) is 2.97. The van der Waals surface area contributed by atoms with Crippen LogP contribution in [-0.2, 0) is 6.42 Å². The lowest BCUT2D eigenvalue weighted by molar-refractivity contribution is 0.0954. The molecule has 0 fully saturated rings. The van der Waals surface area contributed by atoms with Gasteiger partial charge in [0.05, 0.1) is 18.3 Å². The van der Waals surface area contributed by atoms with Crippen molar-refractivity contribution in [2.45, 2.75) is 12.5 Å². The zero-order valence-electron chi connectivity index (χ0n) is 7.44. The number of hydrogen-bond donors (Lipinski definition) is 2. The molecule has 3 nitrogen and oxygen atoms in total. The predicted molar refractivity (Wildman–Crippen MR) is 47.9 cm³/mol. The molecule has 0 radical (unpaired) electrons. The lowest BCUT2D eigenvalue weighted by Gasteiger charge is -2.06. The van der Waals surface area contributed by atoms with E-state index in [4.69, 9.17) is 15.5 Å². The minimum atomic E-state index is -0.887. The topological polar surface area (TPSA) is 64.2 Å². The maximum atomic E-state index is 13.0. The van der Waals surface area contributed by atoms with E-state index in [1.807, 2.05) is 0 Å². The zero-order chi connectivity index (χ0) is 10.6. The van der Waals surface area contributed by atoms with Crippen LogP contribution in [0.4, 0.5) is 4.39 Å². The minimum Gasteiger partial charge on any atom is -0.394 e. The van der Waals surface area contributed by atoms with E-state index >= 15 is 0 Å². The van der Waals surface area contributed by atoms with E-state index in [1.165, 1.54) is 12.1 Å². The number of halogens is 1. The van der Waals surface area contributed by atoms with Crippen LogP contribution in [0.5, 0.6) is 0 Å². The maximum absolute atomic E-state index is 13.0. The van der Waals surface area contributed by atoms with Gasteiger partial charge in [0.15, 0.2) is 0 Å². The van der Waals surface area contributed by atoms with Crippen molar-refractivity contribution in [3.63, 3.8) is 0 Å². The number of benzene rings is 1. The summed E-state index contributed by atoms with van der Waals surface area (Å²) in [6, 6.07) is 5.81. The first-order valence-corrected chi connectivity index (χ1v) is 4.15. The molecular weight excluding hydrogens is 185 g/mol. The van der Waals surface area contributed by atoms with Gasteiger partial charge in [-0.25, -0.2) is 4.39 Å². The molecule has 0 unspecified atom stereocenters. The van der Waals surface area contributed by atoms with Gasteiger partial charge in [0, 0.05) is 6.42 Å². The molecule has 0 aliphatic rings. The van der Waals surface area contributed by atoms with Crippen LogP contribution >= 0.6 is 0 Å². The normalized spacial score (nSPS) is 12.1. The van der Waals surface area contributed by atoms with E-state index in [2.05, 4.69) is 0 Å². The summed E-state index contributed by atoms with van der Waals surface area (Å²) in [7, 11) is 0. The molecule has 4 heteroatoms. The number of aliphatic hydroxyl groups is 2. The van der Waals surface area contributed by atoms with Crippen molar-refractivity contribution in [2.24, 2.45) is 0 Å². The highest BCUT2D eigenvalue weighted by Gasteiger charge is 2.06. The Morgan fingerprint density at radius 1 is 1.50 bits per heavy atom. The number of nitrogens with zero attached hydrogens (tertiary/aromatic N) is 1. The molecule has 0 amide bonds. The summed E-state index contributed by atoms with van der Waals surface area (Å²) >= 11 is 0. The molecule has 2 N–H and O–H groups in total. The van der Waals surface area contributed by atoms with Crippen LogP contribution in [0, 0.1) is 17.1 Å². The third kappa shape index (κ3) is 2.52. The monoisotopic (exact) mass is 195 g/mol. The average Bonchev–Trinajstić information content (AvgIpc) is 2.18. The highest BCUT2D eigenvalue weighted by Crippen LogP contribution is 2.11. The molecule has 14 heavy (non-hydrogen) atoms. The highest BCUT2D eigenvalue weighted by atomic mass is 19.1. The Labute approximate surface area is 81.0 Å². The molecule has 0 aliphatic carbocycles. The molecule has 1 aromatic rings. The number of nitriles is 1. The first kappa shape index (κ1) is 10.6. The molecule has 0 spiro atoms. The number of rotatable bonds is 3. The van der Waals surface area contributed by atoms with E-state index in [-0.39, 0.29) is 18.6 Å². The smallest absolute Gasteiger partial charge is 0.141 e. The predicted octanol–water partition coefficient (Wildman–Crippen LogP) is 0.593. The minimum absolute atomic E-state index is 0.0211. The van der Waals surface area contributed by atoms with E-state index in [0.29, 0.717) is 5.56 Å². The van der Waals surface area contributed by atoms with Crippen LogP contribution in [0.25, 0.3) is 0 Å². The standard InChI is InChI=1S/C10H10FNO2/c11-10-4-7(3-9(14)6-13)1-2-8(10)5-12/h1-2,4,9,13-14H,3,6H2/t9-/m0/s1. The Morgan fingerprint density at radius 2 is 2.21 bits per heavy atom. The third-order valence-electron chi connectivity index (χ3n) is 1.84. The Kier molecular flexibility index (Phi) is 3.57. The lowest BCUT2D eigenvalue weighted by Crippen LogP contribution is -2.15. The van der Waals surface area contributed by atoms with Crippen LogP contribution in [0.2, 0.25) is 0 Å². The molecule has 0 saturated carbocycles. The molecule has 0 heterocycles. The van der Waals surface area contributed by atoms with Crippen molar-refractivity contribution >= 4 is 0 Å². The van der Waals surface area contributed by atoms with Gasteiger partial charge in [-0.2, -0.15) is 5.26 Å². The molecule has 1 atom stereocenters. The Morgan fingerprint density at radius 3 is 2.71 bits per heavy atom. The Bertz CT molecular complexity index is 360. The first-order valence-electron chi connectivity index (χ1n) is 4.15. The van der Waals surface area contributed by atoms with Crippen LogP contribution in [0.3, 0.4) is 0 Å². The summed E-state index contributed by atoms with van der Waals surface area (Å²) in [6.45, 7) is -0.360. The fraction of sp³-hybridized carbons (Fsp3) is 0.300. The van der Waals surface area contributed by atoms with Crippen molar-refractivity contribution < 1.29 is 14.6 Å². The van der Waals surface area contributed by atoms with Crippen molar-refractivity contribution in [1.82, 2.24) is 0 Å². The van der Waals surface area contributed by atoms with Gasteiger partial charge in [0.1, 0.15) is 11.9 Å². The fourth-order valence-electron chi connectivity index (χ4n) is 1.11. The molecule has 1 rings (SSSR count). The van der Waals surface area contributed by atoms with Gasteiger partial charge >= 0.3 is 0 Å². The van der Waals surface area contributed by atoms with Gasteiger partial charge in [-0.05, 0) is 17.7 Å². The molecule has 0 bridgehead atoms. The summed E-state index contributed by atoms with van der Waals surface area (Å²) in [4.78, 5) is 0. The largest absolute Gasteiger partial charge is 0.394 e. The molecule has 74 valence electrons. The summed E-state index contributed by atoms with van der Waals surface area (Å²) in [6.07, 6.45) is -0.707. The van der Waals surface area contributed by atoms with Gasteiger partial charge in [-0.3, -0.25) is 0 Å². The van der Waals surface area contributed by atoms with Crippen molar-refractivity contribution in [3.05, 3.63) is 35.1 Å². The van der Waals surface area contributed by atoms with Gasteiger partial charge < -0.3 is 10.2 Å². The fourth-order valence-corrected chi connectivity index (χ4v) is 1.11. The Balaban J connectivity index is 2.82. The van der Waals surface area contributed by atoms with E-state index in [9.17, 15) is 4.39 Å². The molecule has 0 saturated heterocycles. The quantitative estimate of drug-likeness (QED) is 0.742. The van der Waals surface area contributed by atoms with Crippen LogP contribution in [0.1, 0.15) is 11.1 Å². The number of hydrogen-bond acceptors (Lipinski definition) is 3. The van der Waals surface area contributed by atoms with Crippen molar-refractivity contribution in [2.75, 3.05) is 6.61 Å². The van der Waals surface area contributed by atoms with Crippen LogP contribution in [-0.4, -0.2) is 22.9 Å². The van der Waals surface area contributed by atoms with E-state index in [0.717, 1.165) is 0 Å². The highest BCUT2D eigenvalue weighted by molar-refractivity contribution is 5.33. The van der Waals surface area contributed by atoms with Crippen molar-refractivity contribution in [3.8, 4) is 6.07 Å². The van der Waals surface area contributed by atoms with Crippen LogP contribution in [0.15, 0.2) is 18.2 Å². The van der Waals surface area contributed by atoms with E-state index < -0.39 is 11.9 Å². The summed E-state index contributed by atoms with van der Waals surface area (Å²) < 4.78 is 13.0. The summed E-state index contributed by atoms with van der Waals surface area (Å²) in [5.41, 5.74) is 0.537. The van der Waals surface area contributed by atoms with E-state index in [1.54, 1.807) is 12.1 Å². The molecular formula is C10H10FNO2. The summed E-state index contributed by atoms with van der Waals surface area (Å²) in [5, 5.41) is 26.1. The molecule has 1 aromatic carbocycles. The van der Waals surface area contributed by atoms with Crippen molar-refractivity contribution in [1.29, 1.82) is 5.26 Å². The zero-order valence-corrected chi connectivity index (χ0v) is 7.44. The summed E-state index contributed by atoms with van der Waals surface area (Å²) in [5.74, 6) is -0.602. The third-order valence-corrected chi connectivity index (χ3v) is 1.84. The first-order chi connectivity index (χ1) is 6.67. The number of aliphatic hydroxyl groups excluding tert-OH is 2. The SMILES string of the molecule is N#Cc1ccc(C[C@H](O)CO)cc1F. The Hall–Kier alpha value is -1.44. The lowest BCUT2D eigenvalue weighted by atomic mass is 10.1. The molecule has 0 aromatic heterocycles. The van der Waals surface area contributed by atoms with Gasteiger partial charge in [-0.15, -0.1) is 0 Å². The van der Waals surface area contributed by atoms with Gasteiger partial charge in [0.25, 0.3) is 0 Å².